The normalized spacial score (nSPS) is 16.0. The zero-order valence-electron chi connectivity index (χ0n) is 28.8. The van der Waals surface area contributed by atoms with Crippen molar-refractivity contribution in [1.82, 2.24) is 24.8 Å². The van der Waals surface area contributed by atoms with Crippen molar-refractivity contribution in [3.05, 3.63) is 81.8 Å². The van der Waals surface area contributed by atoms with Crippen LogP contribution in [0.1, 0.15) is 61.4 Å². The summed E-state index contributed by atoms with van der Waals surface area (Å²) < 4.78 is 29.2. The fourth-order valence-electron chi connectivity index (χ4n) is 5.71. The lowest BCUT2D eigenvalue weighted by molar-refractivity contribution is -0.125. The molecule has 1 aliphatic rings. The molecule has 1 fully saturated rings. The van der Waals surface area contributed by atoms with Crippen molar-refractivity contribution in [2.75, 3.05) is 20.1 Å². The zero-order valence-corrected chi connectivity index (χ0v) is 30.4. The highest BCUT2D eigenvalue weighted by Gasteiger charge is 2.35. The van der Waals surface area contributed by atoms with Crippen LogP contribution >= 0.6 is 11.3 Å². The minimum absolute atomic E-state index is 0.0447. The highest BCUT2D eigenvalue weighted by molar-refractivity contribution is 7.89. The van der Waals surface area contributed by atoms with Crippen LogP contribution in [0.25, 0.3) is 0 Å². The van der Waals surface area contributed by atoms with E-state index in [4.69, 9.17) is 10.9 Å². The molecule has 6 N–H and O–H groups in total. The number of carbonyl (C=O) groups excluding carboxylic acids is 2. The summed E-state index contributed by atoms with van der Waals surface area (Å²) in [5, 5.41) is 32.1. The van der Waals surface area contributed by atoms with Crippen molar-refractivity contribution in [3.63, 3.8) is 0 Å². The van der Waals surface area contributed by atoms with Gasteiger partial charge in [-0.15, -0.1) is 11.3 Å². The van der Waals surface area contributed by atoms with Gasteiger partial charge in [0.15, 0.2) is 0 Å². The molecule has 0 spiro atoms. The number of hydrogen-bond acceptors (Lipinski definition) is 10. The number of sulfonamides is 1. The van der Waals surface area contributed by atoms with Crippen LogP contribution in [-0.2, 0) is 34.3 Å². The van der Waals surface area contributed by atoms with Crippen molar-refractivity contribution in [3.8, 4) is 0 Å². The molecule has 1 saturated carbocycles. The van der Waals surface area contributed by atoms with Crippen LogP contribution in [0.2, 0.25) is 0 Å². The molecule has 0 aliphatic heterocycles. The van der Waals surface area contributed by atoms with Crippen LogP contribution in [-0.4, -0.2) is 89.4 Å². The molecule has 272 valence electrons. The number of aliphatic hydroxyl groups excluding tert-OH is 1. The van der Waals surface area contributed by atoms with Crippen molar-refractivity contribution < 1.29 is 28.3 Å². The Morgan fingerprint density at radius 3 is 2.42 bits per heavy atom. The number of nitrogens with zero attached hydrogens (tertiary/aromatic N) is 4. The summed E-state index contributed by atoms with van der Waals surface area (Å²) >= 11 is 1.42. The largest absolute Gasteiger partial charge is 0.411 e. The highest BCUT2D eigenvalue weighted by atomic mass is 32.2. The molecule has 50 heavy (non-hydrogen) atoms. The number of aromatic nitrogens is 1. The molecule has 15 heteroatoms. The zero-order chi connectivity index (χ0) is 36.3. The number of benzene rings is 2. The first-order valence-electron chi connectivity index (χ1n) is 16.9. The van der Waals surface area contributed by atoms with Gasteiger partial charge in [0.25, 0.3) is 0 Å². The van der Waals surface area contributed by atoms with Gasteiger partial charge in [-0.25, -0.2) is 18.2 Å². The number of carbonyl (C=O) groups is 2. The van der Waals surface area contributed by atoms with E-state index in [9.17, 15) is 23.1 Å². The molecule has 3 aromatic rings. The SMILES string of the molecule is CC[C@H](C)[C@H](NC(=O)N(C)Cc1csc(CN)n1)C(=O)N[C@@H](Cc1ccccc1)[C@H](O)CN(CC1CCC1)S(=O)(=O)c1ccc(/C=N/O)cc1. The summed E-state index contributed by atoms with van der Waals surface area (Å²) in [5.41, 5.74) is 7.74. The Hall–Kier alpha value is -3.89. The number of oxime groups is 1. The van der Waals surface area contributed by atoms with Crippen molar-refractivity contribution >= 4 is 39.5 Å². The monoisotopic (exact) mass is 727 g/mol. The van der Waals surface area contributed by atoms with E-state index in [2.05, 4.69) is 20.8 Å². The van der Waals surface area contributed by atoms with Gasteiger partial charge in [-0.2, -0.15) is 4.31 Å². The molecule has 1 aromatic heterocycles. The molecule has 1 heterocycles. The van der Waals surface area contributed by atoms with E-state index in [-0.39, 0.29) is 42.8 Å². The van der Waals surface area contributed by atoms with Crippen LogP contribution in [0.4, 0.5) is 4.79 Å². The minimum Gasteiger partial charge on any atom is -0.411 e. The first kappa shape index (κ1) is 38.9. The maximum Gasteiger partial charge on any atom is 0.318 e. The third-order valence-electron chi connectivity index (χ3n) is 9.19. The third kappa shape index (κ3) is 10.6. The predicted molar refractivity (Wildman–Crippen MR) is 193 cm³/mol. The van der Waals surface area contributed by atoms with Gasteiger partial charge in [-0.1, -0.05) is 74.3 Å². The average Bonchev–Trinajstić information content (AvgIpc) is 3.55. The maximum atomic E-state index is 14.0. The number of hydrogen-bond donors (Lipinski definition) is 5. The van der Waals surface area contributed by atoms with Crippen LogP contribution < -0.4 is 16.4 Å². The average molecular weight is 728 g/mol. The van der Waals surface area contributed by atoms with E-state index >= 15 is 0 Å². The van der Waals surface area contributed by atoms with E-state index in [1.807, 2.05) is 49.6 Å². The molecule has 4 atom stereocenters. The number of thiazole rings is 1. The van der Waals surface area contributed by atoms with Gasteiger partial charge in [0.1, 0.15) is 11.0 Å². The molecule has 0 saturated heterocycles. The fourth-order valence-corrected chi connectivity index (χ4v) is 7.91. The Morgan fingerprint density at radius 1 is 1.14 bits per heavy atom. The van der Waals surface area contributed by atoms with Gasteiger partial charge < -0.3 is 31.6 Å². The summed E-state index contributed by atoms with van der Waals surface area (Å²) in [4.78, 5) is 33.2. The Bertz CT molecular complexity index is 1670. The number of amides is 3. The highest BCUT2D eigenvalue weighted by Crippen LogP contribution is 2.30. The smallest absolute Gasteiger partial charge is 0.318 e. The van der Waals surface area contributed by atoms with Crippen molar-refractivity contribution in [2.45, 2.75) is 82.1 Å². The Balaban J connectivity index is 1.55. The summed E-state index contributed by atoms with van der Waals surface area (Å²) in [5.74, 6) is -0.567. The lowest BCUT2D eigenvalue weighted by Crippen LogP contribution is -2.58. The van der Waals surface area contributed by atoms with Gasteiger partial charge in [0.05, 0.1) is 35.5 Å². The summed E-state index contributed by atoms with van der Waals surface area (Å²) in [7, 11) is -2.42. The maximum absolute atomic E-state index is 14.0. The van der Waals surface area contributed by atoms with Crippen molar-refractivity contribution in [2.24, 2.45) is 22.7 Å². The van der Waals surface area contributed by atoms with Gasteiger partial charge in [-0.3, -0.25) is 4.79 Å². The molecular weight excluding hydrogens is 679 g/mol. The van der Waals surface area contributed by atoms with Gasteiger partial charge in [0.2, 0.25) is 15.9 Å². The van der Waals surface area contributed by atoms with Crippen LogP contribution in [0.15, 0.2) is 70.0 Å². The second kappa shape index (κ2) is 18.4. The molecule has 1 aliphatic carbocycles. The first-order chi connectivity index (χ1) is 23.9. The van der Waals surface area contributed by atoms with E-state index in [1.165, 1.54) is 51.0 Å². The molecular formula is C35H49N7O6S2. The quantitative estimate of drug-likeness (QED) is 0.0747. The number of urea groups is 1. The standard InChI is InChI=1S/C35H49N7O6S2/c1-4-24(2)33(40-35(45)41(3)21-28-23-49-32(18-36)38-28)34(44)39-30(17-25-9-6-5-7-10-25)31(43)22-42(20-27-11-8-12-27)50(47,48)29-15-13-26(14-16-29)19-37-46/h5-7,9-10,13-16,19,23-24,27,30-31,33,43,46H,4,8,11-12,17-18,20-22,36H2,1-3H3,(H,39,44)(H,40,45)/b37-19+/t24-,30-,31+,33-/m0/s1. The van der Waals surface area contributed by atoms with Gasteiger partial charge in [-0.05, 0) is 54.4 Å². The Labute approximate surface area is 298 Å². The van der Waals surface area contributed by atoms with Gasteiger partial charge in [0, 0.05) is 32.1 Å². The lowest BCUT2D eigenvalue weighted by Gasteiger charge is -2.35. The summed E-state index contributed by atoms with van der Waals surface area (Å²) in [6.45, 7) is 4.31. The Morgan fingerprint density at radius 2 is 1.84 bits per heavy atom. The molecule has 0 unspecified atom stereocenters. The third-order valence-corrected chi connectivity index (χ3v) is 12.0. The number of nitrogens with one attached hydrogen (secondary N) is 2. The van der Waals surface area contributed by atoms with Crippen LogP contribution in [0.5, 0.6) is 0 Å². The molecule has 13 nitrogen and oxygen atoms in total. The van der Waals surface area contributed by atoms with E-state index in [0.717, 1.165) is 29.8 Å². The minimum atomic E-state index is -4.04. The van der Waals surface area contributed by atoms with Crippen LogP contribution in [0, 0.1) is 11.8 Å². The molecule has 2 aromatic carbocycles. The summed E-state index contributed by atoms with van der Waals surface area (Å²) in [6, 6.07) is 13.0. The van der Waals surface area contributed by atoms with Gasteiger partial charge >= 0.3 is 6.03 Å². The predicted octanol–water partition coefficient (Wildman–Crippen LogP) is 3.55. The number of nitrogens with two attached hydrogens (primary N) is 1. The van der Waals surface area contributed by atoms with Crippen LogP contribution in [0.3, 0.4) is 0 Å². The number of aliphatic hydroxyl groups is 1. The molecule has 4 rings (SSSR count). The topological polar surface area (TPSA) is 191 Å². The fraction of sp³-hybridized carbons (Fsp3) is 0.486. The molecule has 0 bridgehead atoms. The molecule has 0 radical (unpaired) electrons. The van der Waals surface area contributed by atoms with Crippen molar-refractivity contribution in [1.29, 1.82) is 0 Å². The van der Waals surface area contributed by atoms with E-state index in [1.54, 1.807) is 7.05 Å². The summed E-state index contributed by atoms with van der Waals surface area (Å²) in [6.07, 6.45) is 3.53. The molecule has 3 amide bonds. The van der Waals surface area contributed by atoms with E-state index in [0.29, 0.717) is 24.2 Å². The second-order valence-electron chi connectivity index (χ2n) is 12.9. The lowest BCUT2D eigenvalue weighted by atomic mass is 9.85. The Kier molecular flexibility index (Phi) is 14.3. The van der Waals surface area contributed by atoms with E-state index < -0.39 is 40.1 Å². The number of rotatable bonds is 18. The second-order valence-corrected chi connectivity index (χ2v) is 15.8. The first-order valence-corrected chi connectivity index (χ1v) is 19.2.